The van der Waals surface area contributed by atoms with Gasteiger partial charge in [-0.05, 0) is 18.2 Å². The van der Waals surface area contributed by atoms with Gasteiger partial charge in [0.1, 0.15) is 6.61 Å². The fourth-order valence-corrected chi connectivity index (χ4v) is 4.28. The number of carbonyl (C=O) groups excluding carboxylic acids is 1. The zero-order valence-corrected chi connectivity index (χ0v) is 16.3. The van der Waals surface area contributed by atoms with Crippen LogP contribution in [0, 0.1) is 0 Å². The molecule has 0 atom stereocenters. The monoisotopic (exact) mass is 448 g/mol. The van der Waals surface area contributed by atoms with Crippen LogP contribution in [0.3, 0.4) is 0 Å². The Labute approximate surface area is 164 Å². The highest BCUT2D eigenvalue weighted by Gasteiger charge is 2.31. The van der Waals surface area contributed by atoms with Gasteiger partial charge in [-0.1, -0.05) is 23.2 Å². The lowest BCUT2D eigenvalue weighted by Crippen LogP contribution is -2.50. The summed E-state index contributed by atoms with van der Waals surface area (Å²) in [5.74, 6) is -0.385. The Balaban J connectivity index is 1.87. The van der Waals surface area contributed by atoms with Crippen molar-refractivity contribution < 1.29 is 31.1 Å². The topological polar surface area (TPSA) is 66.9 Å². The molecular weight excluding hydrogens is 432 g/mol. The van der Waals surface area contributed by atoms with Gasteiger partial charge in [0.25, 0.3) is 0 Å². The minimum atomic E-state index is -4.44. The molecular formula is C15H17Cl2F3N2O4S. The molecule has 1 aliphatic rings. The number of ether oxygens (including phenoxy) is 1. The predicted molar refractivity (Wildman–Crippen MR) is 93.3 cm³/mol. The quantitative estimate of drug-likeness (QED) is 0.627. The number of amides is 1. The first-order chi connectivity index (χ1) is 12.5. The maximum atomic E-state index is 12.6. The van der Waals surface area contributed by atoms with Crippen molar-refractivity contribution in [3.05, 3.63) is 28.2 Å². The second-order valence-electron chi connectivity index (χ2n) is 5.78. The van der Waals surface area contributed by atoms with Gasteiger partial charge in [-0.25, -0.2) is 8.42 Å². The lowest BCUT2D eigenvalue weighted by Gasteiger charge is -2.34. The molecule has 27 heavy (non-hydrogen) atoms. The first kappa shape index (κ1) is 22.2. The number of rotatable bonds is 6. The van der Waals surface area contributed by atoms with E-state index < -0.39 is 22.8 Å². The fourth-order valence-electron chi connectivity index (χ4n) is 2.47. The molecule has 152 valence electrons. The lowest BCUT2D eigenvalue weighted by atomic mass is 10.3. The summed E-state index contributed by atoms with van der Waals surface area (Å²) in [5.41, 5.74) is 0. The molecule has 1 heterocycles. The second-order valence-corrected chi connectivity index (χ2v) is 8.53. The van der Waals surface area contributed by atoms with Crippen LogP contribution < -0.4 is 0 Å². The van der Waals surface area contributed by atoms with Gasteiger partial charge >= 0.3 is 6.18 Å². The zero-order chi connectivity index (χ0) is 20.2. The summed E-state index contributed by atoms with van der Waals surface area (Å²) in [4.78, 5) is 13.4. The Morgan fingerprint density at radius 3 is 2.30 bits per heavy atom. The summed E-state index contributed by atoms with van der Waals surface area (Å²) in [6.45, 7) is -1.34. The summed E-state index contributed by atoms with van der Waals surface area (Å²) < 4.78 is 66.8. The summed E-state index contributed by atoms with van der Waals surface area (Å²) in [5, 5.41) is 0.351. The molecule has 1 aromatic rings. The van der Waals surface area contributed by atoms with E-state index in [1.165, 1.54) is 27.4 Å². The van der Waals surface area contributed by atoms with Gasteiger partial charge in [-0.2, -0.15) is 17.5 Å². The Kier molecular flexibility index (Phi) is 7.37. The van der Waals surface area contributed by atoms with E-state index in [4.69, 9.17) is 23.2 Å². The zero-order valence-electron chi connectivity index (χ0n) is 14.0. The molecule has 12 heteroatoms. The fraction of sp³-hybridized carbons (Fsp3) is 0.533. The number of hydrogen-bond donors (Lipinski definition) is 0. The van der Waals surface area contributed by atoms with Crippen LogP contribution in [0.1, 0.15) is 6.42 Å². The van der Waals surface area contributed by atoms with Crippen molar-refractivity contribution in [3.63, 3.8) is 0 Å². The van der Waals surface area contributed by atoms with Crippen LogP contribution in [0.2, 0.25) is 10.0 Å². The van der Waals surface area contributed by atoms with E-state index in [2.05, 4.69) is 4.74 Å². The SMILES string of the molecule is O=C(CCOCC(F)(F)F)N1CCN(S(=O)(=O)c2ccc(Cl)c(Cl)c2)CC1. The van der Waals surface area contributed by atoms with Gasteiger partial charge in [0.05, 0.1) is 28.0 Å². The average molecular weight is 449 g/mol. The number of nitrogens with zero attached hydrogens (tertiary/aromatic N) is 2. The Bertz CT molecular complexity index is 782. The molecule has 1 aromatic carbocycles. The molecule has 0 aromatic heterocycles. The molecule has 0 spiro atoms. The molecule has 1 amide bonds. The van der Waals surface area contributed by atoms with Gasteiger partial charge in [0.2, 0.25) is 15.9 Å². The Morgan fingerprint density at radius 1 is 1.11 bits per heavy atom. The number of alkyl halides is 3. The number of sulfonamides is 1. The standard InChI is InChI=1S/C15H17Cl2F3N2O4S/c16-12-2-1-11(9-13(12)17)27(24,25)22-6-4-21(5-7-22)14(23)3-8-26-10-15(18,19)20/h1-2,9H,3-8,10H2. The van der Waals surface area contributed by atoms with E-state index in [0.29, 0.717) is 0 Å². The second kappa shape index (κ2) is 8.95. The van der Waals surface area contributed by atoms with Gasteiger partial charge in [0.15, 0.2) is 0 Å². The van der Waals surface area contributed by atoms with Crippen LogP contribution in [0.25, 0.3) is 0 Å². The van der Waals surface area contributed by atoms with Crippen molar-refractivity contribution in [2.75, 3.05) is 39.4 Å². The first-order valence-corrected chi connectivity index (χ1v) is 10.1. The van der Waals surface area contributed by atoms with Crippen LogP contribution in [-0.2, 0) is 19.6 Å². The molecule has 0 saturated carbocycles. The minimum absolute atomic E-state index is 0.00257. The third kappa shape index (κ3) is 6.21. The van der Waals surface area contributed by atoms with Gasteiger partial charge in [-0.3, -0.25) is 4.79 Å². The Morgan fingerprint density at radius 2 is 1.74 bits per heavy atom. The van der Waals surface area contributed by atoms with Crippen molar-refractivity contribution in [2.24, 2.45) is 0 Å². The van der Waals surface area contributed by atoms with Gasteiger partial charge in [-0.15, -0.1) is 0 Å². The predicted octanol–water partition coefficient (Wildman–Crippen LogP) is 2.80. The smallest absolute Gasteiger partial charge is 0.372 e. The lowest BCUT2D eigenvalue weighted by molar-refractivity contribution is -0.175. The molecule has 0 unspecified atom stereocenters. The molecule has 1 aliphatic heterocycles. The summed E-state index contributed by atoms with van der Waals surface area (Å²) in [6.07, 6.45) is -4.64. The molecule has 6 nitrogen and oxygen atoms in total. The van der Waals surface area contributed by atoms with Gasteiger partial charge < -0.3 is 9.64 Å². The highest BCUT2D eigenvalue weighted by molar-refractivity contribution is 7.89. The molecule has 2 rings (SSSR count). The highest BCUT2D eigenvalue weighted by Crippen LogP contribution is 2.27. The normalized spacial score (nSPS) is 16.6. The van der Waals surface area contributed by atoms with E-state index in [1.54, 1.807) is 0 Å². The maximum absolute atomic E-state index is 12.6. The molecule has 1 saturated heterocycles. The summed E-state index contributed by atoms with van der Waals surface area (Å²) >= 11 is 11.7. The first-order valence-electron chi connectivity index (χ1n) is 7.88. The molecule has 0 radical (unpaired) electrons. The van der Waals surface area contributed by atoms with Crippen molar-refractivity contribution in [3.8, 4) is 0 Å². The highest BCUT2D eigenvalue weighted by atomic mass is 35.5. The molecule has 0 N–H and O–H groups in total. The van der Waals surface area contributed by atoms with Crippen molar-refractivity contribution in [1.82, 2.24) is 9.21 Å². The van der Waals surface area contributed by atoms with E-state index >= 15 is 0 Å². The minimum Gasteiger partial charge on any atom is -0.372 e. The van der Waals surface area contributed by atoms with E-state index in [1.807, 2.05) is 0 Å². The van der Waals surface area contributed by atoms with Crippen LogP contribution in [0.4, 0.5) is 13.2 Å². The third-order valence-corrected chi connectivity index (χ3v) is 6.48. The Hall–Kier alpha value is -1.07. The van der Waals surface area contributed by atoms with Crippen LogP contribution in [0.5, 0.6) is 0 Å². The van der Waals surface area contributed by atoms with Gasteiger partial charge in [0, 0.05) is 26.2 Å². The number of hydrogen-bond acceptors (Lipinski definition) is 4. The summed E-state index contributed by atoms with van der Waals surface area (Å²) in [6, 6.07) is 3.99. The number of carbonyl (C=O) groups is 1. The molecule has 0 aliphatic carbocycles. The van der Waals surface area contributed by atoms with E-state index in [9.17, 15) is 26.4 Å². The average Bonchev–Trinajstić information content (AvgIpc) is 2.60. The van der Waals surface area contributed by atoms with E-state index in [0.717, 1.165) is 0 Å². The molecule has 0 bridgehead atoms. The van der Waals surface area contributed by atoms with E-state index in [-0.39, 0.29) is 60.1 Å². The summed E-state index contributed by atoms with van der Waals surface area (Å²) in [7, 11) is -3.79. The number of piperazine rings is 1. The number of halogens is 5. The van der Waals surface area contributed by atoms with Crippen molar-refractivity contribution in [2.45, 2.75) is 17.5 Å². The third-order valence-electron chi connectivity index (χ3n) is 3.85. The van der Waals surface area contributed by atoms with Crippen LogP contribution in [-0.4, -0.2) is 69.1 Å². The van der Waals surface area contributed by atoms with Crippen LogP contribution in [0.15, 0.2) is 23.1 Å². The largest absolute Gasteiger partial charge is 0.411 e. The molecule has 1 fully saturated rings. The number of benzene rings is 1. The van der Waals surface area contributed by atoms with Crippen LogP contribution >= 0.6 is 23.2 Å². The maximum Gasteiger partial charge on any atom is 0.411 e. The van der Waals surface area contributed by atoms with Crippen molar-refractivity contribution >= 4 is 39.1 Å². The van der Waals surface area contributed by atoms with Crippen molar-refractivity contribution in [1.29, 1.82) is 0 Å².